The molecule has 1 N–H and O–H groups in total. The molecule has 0 amide bonds. The summed E-state index contributed by atoms with van der Waals surface area (Å²) in [7, 11) is 0. The molecular weight excluding hydrogens is 234 g/mol. The number of likely N-dealkylation sites (N-methyl/N-ethyl adjacent to an activating group) is 1. The molecule has 0 fully saturated rings. The Hall–Kier alpha value is -1.54. The molecule has 2 nitrogen and oxygen atoms in total. The van der Waals surface area contributed by atoms with E-state index in [1.165, 1.54) is 27.8 Å². The van der Waals surface area contributed by atoms with Crippen molar-refractivity contribution < 1.29 is 4.42 Å². The molecule has 1 heterocycles. The average molecular weight is 257 g/mol. The van der Waals surface area contributed by atoms with E-state index in [1.807, 2.05) is 12.3 Å². The second-order valence-electron chi connectivity index (χ2n) is 5.25. The van der Waals surface area contributed by atoms with Gasteiger partial charge in [0.15, 0.2) is 0 Å². The van der Waals surface area contributed by atoms with Crippen LogP contribution in [0.25, 0.3) is 0 Å². The van der Waals surface area contributed by atoms with Crippen LogP contribution in [0.2, 0.25) is 0 Å². The monoisotopic (exact) mass is 257 g/mol. The van der Waals surface area contributed by atoms with Crippen LogP contribution in [0.4, 0.5) is 0 Å². The van der Waals surface area contributed by atoms with Gasteiger partial charge in [0, 0.05) is 11.6 Å². The minimum Gasteiger partial charge on any atom is -0.472 e. The van der Waals surface area contributed by atoms with E-state index < -0.39 is 0 Å². The summed E-state index contributed by atoms with van der Waals surface area (Å²) in [6.07, 6.45) is 4.59. The minimum atomic E-state index is 0.323. The zero-order valence-electron chi connectivity index (χ0n) is 12.3. The van der Waals surface area contributed by atoms with E-state index in [0.717, 1.165) is 13.0 Å². The summed E-state index contributed by atoms with van der Waals surface area (Å²) in [5, 5.41) is 3.54. The smallest absolute Gasteiger partial charge is 0.0950 e. The van der Waals surface area contributed by atoms with Crippen molar-refractivity contribution in [1.82, 2.24) is 5.32 Å². The highest BCUT2D eigenvalue weighted by molar-refractivity contribution is 5.38. The maximum Gasteiger partial charge on any atom is 0.0950 e. The van der Waals surface area contributed by atoms with Gasteiger partial charge in [0.25, 0.3) is 0 Å². The summed E-state index contributed by atoms with van der Waals surface area (Å²) in [5.41, 5.74) is 6.76. The number of nitrogens with one attached hydrogen (secondary N) is 1. The lowest BCUT2D eigenvalue weighted by Gasteiger charge is -2.19. The minimum absolute atomic E-state index is 0.323. The van der Waals surface area contributed by atoms with Crippen LogP contribution < -0.4 is 5.32 Å². The Balaban J connectivity index is 2.27. The topological polar surface area (TPSA) is 25.2 Å². The lowest BCUT2D eigenvalue weighted by atomic mass is 9.92. The number of aryl methyl sites for hydroxylation is 3. The Labute approximate surface area is 115 Å². The first-order valence-electron chi connectivity index (χ1n) is 6.94. The predicted octanol–water partition coefficient (Wildman–Crippen LogP) is 4.10. The number of benzene rings is 1. The number of hydrogen-bond acceptors (Lipinski definition) is 2. The fourth-order valence-corrected chi connectivity index (χ4v) is 2.76. The van der Waals surface area contributed by atoms with Crippen LogP contribution in [0, 0.1) is 20.8 Å². The Morgan fingerprint density at radius 2 is 1.84 bits per heavy atom. The van der Waals surface area contributed by atoms with Crippen LogP contribution in [0.1, 0.15) is 40.8 Å². The Morgan fingerprint density at radius 3 is 2.37 bits per heavy atom. The molecule has 1 aromatic carbocycles. The molecule has 1 unspecified atom stereocenters. The first-order valence-corrected chi connectivity index (χ1v) is 6.94. The molecule has 19 heavy (non-hydrogen) atoms. The molecule has 1 atom stereocenters. The molecule has 0 bridgehead atoms. The Bertz CT molecular complexity index is 505. The van der Waals surface area contributed by atoms with E-state index >= 15 is 0 Å². The van der Waals surface area contributed by atoms with Gasteiger partial charge in [0.05, 0.1) is 12.5 Å². The second kappa shape index (κ2) is 6.07. The van der Waals surface area contributed by atoms with E-state index in [2.05, 4.69) is 45.1 Å². The second-order valence-corrected chi connectivity index (χ2v) is 5.25. The van der Waals surface area contributed by atoms with Gasteiger partial charge in [0.1, 0.15) is 0 Å². The van der Waals surface area contributed by atoms with E-state index in [9.17, 15) is 0 Å². The highest BCUT2D eigenvalue weighted by atomic mass is 16.3. The van der Waals surface area contributed by atoms with Crippen LogP contribution >= 0.6 is 0 Å². The largest absolute Gasteiger partial charge is 0.472 e. The summed E-state index contributed by atoms with van der Waals surface area (Å²) >= 11 is 0. The molecule has 1 aromatic heterocycles. The standard InChI is InChI=1S/C17H23NO/c1-5-18-17(15-6-7-19-11-15)10-16-13(3)8-12(2)9-14(16)4/h6-9,11,17-18H,5,10H2,1-4H3. The normalized spacial score (nSPS) is 12.6. The first-order chi connectivity index (χ1) is 9.11. The van der Waals surface area contributed by atoms with Crippen molar-refractivity contribution in [2.24, 2.45) is 0 Å². The van der Waals surface area contributed by atoms with Crippen molar-refractivity contribution in [3.63, 3.8) is 0 Å². The summed E-state index contributed by atoms with van der Waals surface area (Å²) in [5.74, 6) is 0. The van der Waals surface area contributed by atoms with Gasteiger partial charge in [-0.05, 0) is 56.5 Å². The van der Waals surface area contributed by atoms with Gasteiger partial charge >= 0.3 is 0 Å². The maximum atomic E-state index is 5.22. The quantitative estimate of drug-likeness (QED) is 0.872. The van der Waals surface area contributed by atoms with Crippen molar-refractivity contribution in [3.05, 3.63) is 58.5 Å². The van der Waals surface area contributed by atoms with Crippen molar-refractivity contribution in [2.45, 2.75) is 40.2 Å². The van der Waals surface area contributed by atoms with Gasteiger partial charge in [0.2, 0.25) is 0 Å². The third-order valence-electron chi connectivity index (χ3n) is 3.64. The zero-order chi connectivity index (χ0) is 13.8. The van der Waals surface area contributed by atoms with Crippen LogP contribution in [-0.2, 0) is 6.42 Å². The maximum absolute atomic E-state index is 5.22. The first kappa shape index (κ1) is 13.9. The highest BCUT2D eigenvalue weighted by Gasteiger charge is 2.15. The van der Waals surface area contributed by atoms with E-state index in [1.54, 1.807) is 6.26 Å². The number of rotatable bonds is 5. The fourth-order valence-electron chi connectivity index (χ4n) is 2.76. The molecule has 2 aromatic rings. The van der Waals surface area contributed by atoms with Gasteiger partial charge in [-0.25, -0.2) is 0 Å². The van der Waals surface area contributed by atoms with Gasteiger partial charge in [-0.15, -0.1) is 0 Å². The third-order valence-corrected chi connectivity index (χ3v) is 3.64. The van der Waals surface area contributed by atoms with Crippen molar-refractivity contribution in [2.75, 3.05) is 6.54 Å². The van der Waals surface area contributed by atoms with Crippen molar-refractivity contribution in [1.29, 1.82) is 0 Å². The number of hydrogen-bond donors (Lipinski definition) is 1. The molecule has 0 saturated carbocycles. The zero-order valence-corrected chi connectivity index (χ0v) is 12.3. The van der Waals surface area contributed by atoms with E-state index in [-0.39, 0.29) is 0 Å². The molecule has 0 saturated heterocycles. The van der Waals surface area contributed by atoms with Crippen LogP contribution in [-0.4, -0.2) is 6.54 Å². The van der Waals surface area contributed by atoms with Crippen molar-refractivity contribution >= 4 is 0 Å². The summed E-state index contributed by atoms with van der Waals surface area (Å²) in [6.45, 7) is 9.66. The van der Waals surface area contributed by atoms with Crippen LogP contribution in [0.15, 0.2) is 35.1 Å². The molecule has 2 rings (SSSR count). The molecule has 0 aliphatic rings. The fraction of sp³-hybridized carbons (Fsp3) is 0.412. The lowest BCUT2D eigenvalue weighted by molar-refractivity contribution is 0.523. The highest BCUT2D eigenvalue weighted by Crippen LogP contribution is 2.24. The molecular formula is C17H23NO. The molecule has 102 valence electrons. The lowest BCUT2D eigenvalue weighted by Crippen LogP contribution is -2.23. The Kier molecular flexibility index (Phi) is 4.43. The molecule has 0 aliphatic heterocycles. The predicted molar refractivity (Wildman–Crippen MR) is 79.5 cm³/mol. The van der Waals surface area contributed by atoms with Crippen LogP contribution in [0.3, 0.4) is 0 Å². The van der Waals surface area contributed by atoms with Gasteiger partial charge in [-0.3, -0.25) is 0 Å². The summed E-state index contributed by atoms with van der Waals surface area (Å²) in [6, 6.07) is 6.90. The van der Waals surface area contributed by atoms with Crippen LogP contribution in [0.5, 0.6) is 0 Å². The number of furan rings is 1. The third kappa shape index (κ3) is 3.27. The van der Waals surface area contributed by atoms with Crippen molar-refractivity contribution in [3.8, 4) is 0 Å². The average Bonchev–Trinajstić information content (AvgIpc) is 2.85. The Morgan fingerprint density at radius 1 is 1.16 bits per heavy atom. The summed E-state index contributed by atoms with van der Waals surface area (Å²) in [4.78, 5) is 0. The molecule has 2 heteroatoms. The van der Waals surface area contributed by atoms with E-state index in [0.29, 0.717) is 6.04 Å². The van der Waals surface area contributed by atoms with Gasteiger partial charge in [-0.1, -0.05) is 24.6 Å². The molecule has 0 spiro atoms. The van der Waals surface area contributed by atoms with E-state index in [4.69, 9.17) is 4.42 Å². The van der Waals surface area contributed by atoms with Gasteiger partial charge < -0.3 is 9.73 Å². The SMILES string of the molecule is CCNC(Cc1c(C)cc(C)cc1C)c1ccoc1. The van der Waals surface area contributed by atoms with Gasteiger partial charge in [-0.2, -0.15) is 0 Å². The molecule has 0 radical (unpaired) electrons. The summed E-state index contributed by atoms with van der Waals surface area (Å²) < 4.78 is 5.22. The molecule has 0 aliphatic carbocycles.